The van der Waals surface area contributed by atoms with Gasteiger partial charge in [0.05, 0.1) is 5.69 Å². The zero-order valence-corrected chi connectivity index (χ0v) is 15.4. The molecule has 2 nitrogen and oxygen atoms in total. The lowest BCUT2D eigenvalue weighted by atomic mass is 9.86. The number of piperidine rings is 1. The second-order valence-corrected chi connectivity index (χ2v) is 7.34. The molecule has 0 bridgehead atoms. The summed E-state index contributed by atoms with van der Waals surface area (Å²) in [5, 5.41) is 4.52. The summed E-state index contributed by atoms with van der Waals surface area (Å²) >= 11 is 8.46. The van der Waals surface area contributed by atoms with Gasteiger partial charge >= 0.3 is 0 Å². The molecule has 3 atom stereocenters. The van der Waals surface area contributed by atoms with Crippen molar-refractivity contribution >= 4 is 39.9 Å². The highest BCUT2D eigenvalue weighted by molar-refractivity contribution is 14.1. The molecule has 0 amide bonds. The minimum atomic E-state index is 0.549. The summed E-state index contributed by atoms with van der Waals surface area (Å²) in [5.41, 5.74) is 1.32. The Morgan fingerprint density at radius 1 is 1.40 bits per heavy atom. The summed E-state index contributed by atoms with van der Waals surface area (Å²) < 4.78 is 1.24. The molecule has 0 aliphatic carbocycles. The van der Waals surface area contributed by atoms with Crippen molar-refractivity contribution in [3.63, 3.8) is 0 Å². The predicted octanol–water partition coefficient (Wildman–Crippen LogP) is 4.55. The van der Waals surface area contributed by atoms with Crippen LogP contribution in [0.2, 0.25) is 5.02 Å². The third-order valence-electron chi connectivity index (χ3n) is 4.44. The maximum absolute atomic E-state index is 6.07. The van der Waals surface area contributed by atoms with Crippen molar-refractivity contribution in [2.24, 2.45) is 5.92 Å². The van der Waals surface area contributed by atoms with Gasteiger partial charge in [-0.25, -0.2) is 0 Å². The van der Waals surface area contributed by atoms with E-state index >= 15 is 0 Å². The average Bonchev–Trinajstić information content (AvgIpc) is 2.41. The molecule has 1 fully saturated rings. The Labute approximate surface area is 141 Å². The number of benzene rings is 1. The Balaban J connectivity index is 2.11. The van der Waals surface area contributed by atoms with Crippen LogP contribution in [0.5, 0.6) is 0 Å². The van der Waals surface area contributed by atoms with Crippen LogP contribution in [0.4, 0.5) is 5.69 Å². The first-order chi connectivity index (χ1) is 9.54. The third-order valence-corrected chi connectivity index (χ3v) is 5.54. The molecule has 1 saturated heterocycles. The maximum Gasteiger partial charge on any atom is 0.0505 e. The van der Waals surface area contributed by atoms with E-state index in [2.05, 4.69) is 65.7 Å². The normalized spacial score (nSPS) is 26.9. The van der Waals surface area contributed by atoms with E-state index in [4.69, 9.17) is 11.6 Å². The molecule has 112 valence electrons. The van der Waals surface area contributed by atoms with Crippen molar-refractivity contribution in [1.29, 1.82) is 0 Å². The van der Waals surface area contributed by atoms with Gasteiger partial charge in [0, 0.05) is 27.2 Å². The van der Waals surface area contributed by atoms with Crippen molar-refractivity contribution in [2.75, 3.05) is 18.0 Å². The zero-order valence-electron chi connectivity index (χ0n) is 12.5. The van der Waals surface area contributed by atoms with Gasteiger partial charge in [0.2, 0.25) is 0 Å². The molecular weight excluding hydrogens is 383 g/mol. The van der Waals surface area contributed by atoms with Crippen LogP contribution in [-0.2, 0) is 0 Å². The summed E-state index contributed by atoms with van der Waals surface area (Å²) in [6, 6.07) is 7.40. The number of hydrogen-bond donors (Lipinski definition) is 1. The van der Waals surface area contributed by atoms with Crippen LogP contribution in [0.25, 0.3) is 0 Å². The number of rotatable bonds is 4. The highest BCUT2D eigenvalue weighted by Gasteiger charge is 2.32. The molecule has 2 rings (SSSR count). The fourth-order valence-electron chi connectivity index (χ4n) is 3.04. The fraction of sp³-hybridized carbons (Fsp3) is 0.625. The standard InChI is InChI=1S/C16H24ClIN2/c1-4-8-19-15-7-9-20(12(3)11(15)2)16-6-5-13(17)10-14(16)18/h5-6,10-12,15,19H,4,7-9H2,1-3H3. The molecule has 1 N–H and O–H groups in total. The van der Waals surface area contributed by atoms with Gasteiger partial charge in [0.15, 0.2) is 0 Å². The molecule has 0 radical (unpaired) electrons. The molecule has 1 heterocycles. The molecule has 3 unspecified atom stereocenters. The van der Waals surface area contributed by atoms with E-state index in [1.165, 1.54) is 22.1 Å². The Morgan fingerprint density at radius 3 is 2.80 bits per heavy atom. The average molecular weight is 407 g/mol. The molecule has 0 spiro atoms. The third kappa shape index (κ3) is 3.60. The highest BCUT2D eigenvalue weighted by Crippen LogP contribution is 2.33. The number of nitrogens with zero attached hydrogens (tertiary/aromatic N) is 1. The second-order valence-electron chi connectivity index (χ2n) is 5.74. The summed E-state index contributed by atoms with van der Waals surface area (Å²) in [7, 11) is 0. The highest BCUT2D eigenvalue weighted by atomic mass is 127. The Kier molecular flexibility index (Phi) is 5.99. The number of hydrogen-bond acceptors (Lipinski definition) is 2. The lowest BCUT2D eigenvalue weighted by Crippen LogP contribution is -2.53. The fourth-order valence-corrected chi connectivity index (χ4v) is 4.22. The van der Waals surface area contributed by atoms with Gasteiger partial charge in [-0.3, -0.25) is 0 Å². The van der Waals surface area contributed by atoms with E-state index in [9.17, 15) is 0 Å². The monoisotopic (exact) mass is 406 g/mol. The van der Waals surface area contributed by atoms with Crippen LogP contribution in [0, 0.1) is 9.49 Å². The smallest absolute Gasteiger partial charge is 0.0505 e. The minimum Gasteiger partial charge on any atom is -0.368 e. The number of halogens is 2. The van der Waals surface area contributed by atoms with E-state index in [-0.39, 0.29) is 0 Å². The van der Waals surface area contributed by atoms with E-state index in [0.717, 1.165) is 18.1 Å². The van der Waals surface area contributed by atoms with Crippen LogP contribution in [-0.4, -0.2) is 25.2 Å². The van der Waals surface area contributed by atoms with Crippen LogP contribution in [0.3, 0.4) is 0 Å². The van der Waals surface area contributed by atoms with E-state index in [1.807, 2.05) is 6.07 Å². The Morgan fingerprint density at radius 2 is 2.15 bits per heavy atom. The molecule has 0 aromatic heterocycles. The molecule has 1 aromatic carbocycles. The quantitative estimate of drug-likeness (QED) is 0.738. The van der Waals surface area contributed by atoms with Gasteiger partial charge in [0.25, 0.3) is 0 Å². The summed E-state index contributed by atoms with van der Waals surface area (Å²) in [6.45, 7) is 9.18. The molecule has 20 heavy (non-hydrogen) atoms. The Bertz CT molecular complexity index is 452. The lowest BCUT2D eigenvalue weighted by Gasteiger charge is -2.44. The van der Waals surface area contributed by atoms with Crippen LogP contribution in [0.1, 0.15) is 33.6 Å². The van der Waals surface area contributed by atoms with Crippen molar-refractivity contribution in [3.05, 3.63) is 26.8 Å². The van der Waals surface area contributed by atoms with Crippen molar-refractivity contribution in [3.8, 4) is 0 Å². The summed E-state index contributed by atoms with van der Waals surface area (Å²) in [4.78, 5) is 2.53. The molecule has 4 heteroatoms. The van der Waals surface area contributed by atoms with Gasteiger partial charge in [-0.2, -0.15) is 0 Å². The van der Waals surface area contributed by atoms with Gasteiger partial charge < -0.3 is 10.2 Å². The molecule has 1 aliphatic heterocycles. The first-order valence-corrected chi connectivity index (χ1v) is 8.95. The minimum absolute atomic E-state index is 0.549. The van der Waals surface area contributed by atoms with Gasteiger partial charge in [-0.05, 0) is 73.0 Å². The van der Waals surface area contributed by atoms with E-state index in [1.54, 1.807) is 0 Å². The van der Waals surface area contributed by atoms with E-state index in [0.29, 0.717) is 18.0 Å². The number of anilines is 1. The summed E-state index contributed by atoms with van der Waals surface area (Å²) in [5.74, 6) is 0.654. The lowest BCUT2D eigenvalue weighted by molar-refractivity contribution is 0.271. The zero-order chi connectivity index (χ0) is 14.7. The molecular formula is C16H24ClIN2. The Hall–Kier alpha value is -0.000000000000000111. The molecule has 1 aliphatic rings. The van der Waals surface area contributed by atoms with E-state index < -0.39 is 0 Å². The second kappa shape index (κ2) is 7.32. The topological polar surface area (TPSA) is 15.3 Å². The maximum atomic E-state index is 6.07. The largest absolute Gasteiger partial charge is 0.368 e. The number of nitrogens with one attached hydrogen (secondary N) is 1. The van der Waals surface area contributed by atoms with Crippen LogP contribution in [0.15, 0.2) is 18.2 Å². The van der Waals surface area contributed by atoms with Gasteiger partial charge in [-0.1, -0.05) is 25.4 Å². The first-order valence-electron chi connectivity index (χ1n) is 7.49. The molecule has 0 saturated carbocycles. The van der Waals surface area contributed by atoms with Crippen LogP contribution < -0.4 is 10.2 Å². The van der Waals surface area contributed by atoms with Crippen molar-refractivity contribution in [1.82, 2.24) is 5.32 Å². The van der Waals surface area contributed by atoms with Gasteiger partial charge in [0.1, 0.15) is 0 Å². The SMILES string of the molecule is CCCNC1CCN(c2ccc(Cl)cc2I)C(C)C1C. The molecule has 1 aromatic rings. The van der Waals surface area contributed by atoms with Crippen LogP contribution >= 0.6 is 34.2 Å². The van der Waals surface area contributed by atoms with Crippen molar-refractivity contribution in [2.45, 2.75) is 45.7 Å². The van der Waals surface area contributed by atoms with Crippen molar-refractivity contribution < 1.29 is 0 Å². The summed E-state index contributed by atoms with van der Waals surface area (Å²) in [6.07, 6.45) is 2.42. The predicted molar refractivity (Wildman–Crippen MR) is 96.8 cm³/mol. The first kappa shape index (κ1) is 16.4. The van der Waals surface area contributed by atoms with Gasteiger partial charge in [-0.15, -0.1) is 0 Å².